The Hall–Kier alpha value is -1.65. The molecule has 0 saturated carbocycles. The molecule has 1 aromatic heterocycles. The number of carbonyl (C=O) groups excluding carboxylic acids is 1. The number of hydrogen-bond acceptors (Lipinski definition) is 3. The van der Waals surface area contributed by atoms with Gasteiger partial charge in [-0.3, -0.25) is 9.69 Å². The first-order chi connectivity index (χ1) is 10.6. The number of amides is 1. The summed E-state index contributed by atoms with van der Waals surface area (Å²) >= 11 is 1.84. The molecule has 0 radical (unpaired) electrons. The summed E-state index contributed by atoms with van der Waals surface area (Å²) in [6.07, 6.45) is 1.77. The van der Waals surface area contributed by atoms with Crippen LogP contribution in [0, 0.1) is 12.8 Å². The van der Waals surface area contributed by atoms with Crippen molar-refractivity contribution < 1.29 is 4.79 Å². The van der Waals surface area contributed by atoms with Crippen LogP contribution >= 0.6 is 11.3 Å². The Morgan fingerprint density at radius 3 is 2.59 bits per heavy atom. The fourth-order valence-corrected chi connectivity index (χ4v) is 4.02. The number of nitrogens with zero attached hydrogens (tertiary/aromatic N) is 1. The first-order valence-corrected chi connectivity index (χ1v) is 8.61. The maximum atomic E-state index is 11.3. The fourth-order valence-electron chi connectivity index (χ4n) is 3.09. The number of thiophene rings is 1. The van der Waals surface area contributed by atoms with E-state index in [-0.39, 0.29) is 11.8 Å². The van der Waals surface area contributed by atoms with E-state index >= 15 is 0 Å². The number of carbonyl (C=O) groups is 1. The first-order valence-electron chi connectivity index (χ1n) is 7.80. The summed E-state index contributed by atoms with van der Waals surface area (Å²) in [5.74, 6) is -0.0828. The van der Waals surface area contributed by atoms with Gasteiger partial charge in [0.25, 0.3) is 0 Å². The van der Waals surface area contributed by atoms with Gasteiger partial charge in [-0.25, -0.2) is 0 Å². The highest BCUT2D eigenvalue weighted by molar-refractivity contribution is 7.15. The van der Waals surface area contributed by atoms with E-state index in [0.717, 1.165) is 32.5 Å². The smallest absolute Gasteiger partial charge is 0.220 e. The van der Waals surface area contributed by atoms with E-state index in [2.05, 4.69) is 48.2 Å². The molecule has 0 aliphatic carbocycles. The second-order valence-electron chi connectivity index (χ2n) is 6.02. The summed E-state index contributed by atoms with van der Waals surface area (Å²) < 4.78 is 0. The molecular formula is C18H22N2OS. The molecule has 1 aliphatic heterocycles. The molecule has 0 bridgehead atoms. The Morgan fingerprint density at radius 1 is 1.23 bits per heavy atom. The molecule has 3 nitrogen and oxygen atoms in total. The molecule has 22 heavy (non-hydrogen) atoms. The standard InChI is InChI=1S/C18H22N2OS/c1-13-6-7-17(22-13)16-5-3-2-4-15(16)12-20-10-8-14(9-11-20)18(19)21/h2-7,14H,8-12H2,1H3,(H2,19,21). The molecule has 1 fully saturated rings. The zero-order valence-corrected chi connectivity index (χ0v) is 13.7. The lowest BCUT2D eigenvalue weighted by molar-refractivity contribution is -0.123. The van der Waals surface area contributed by atoms with Crippen molar-refractivity contribution in [3.05, 3.63) is 46.8 Å². The van der Waals surface area contributed by atoms with Crippen molar-refractivity contribution in [2.24, 2.45) is 11.7 Å². The second-order valence-corrected chi connectivity index (χ2v) is 7.31. The molecule has 2 N–H and O–H groups in total. The van der Waals surface area contributed by atoms with Crippen molar-refractivity contribution in [2.75, 3.05) is 13.1 Å². The molecule has 1 saturated heterocycles. The van der Waals surface area contributed by atoms with Crippen LogP contribution in [0.1, 0.15) is 23.3 Å². The molecule has 3 rings (SSSR count). The van der Waals surface area contributed by atoms with Gasteiger partial charge in [-0.2, -0.15) is 0 Å². The van der Waals surface area contributed by atoms with Gasteiger partial charge in [-0.05, 0) is 56.1 Å². The quantitative estimate of drug-likeness (QED) is 0.940. The third-order valence-corrected chi connectivity index (χ3v) is 5.44. The SMILES string of the molecule is Cc1ccc(-c2ccccc2CN2CCC(C(N)=O)CC2)s1. The molecule has 2 heterocycles. The molecule has 1 amide bonds. The Labute approximate surface area is 135 Å². The van der Waals surface area contributed by atoms with Crippen LogP contribution in [-0.2, 0) is 11.3 Å². The highest BCUT2D eigenvalue weighted by atomic mass is 32.1. The Kier molecular flexibility index (Phi) is 4.60. The van der Waals surface area contributed by atoms with Crippen molar-refractivity contribution in [1.29, 1.82) is 0 Å². The van der Waals surface area contributed by atoms with Gasteiger partial charge in [0, 0.05) is 22.2 Å². The molecule has 1 aliphatic rings. The predicted octanol–water partition coefficient (Wildman–Crippen LogP) is 3.42. The Morgan fingerprint density at radius 2 is 1.95 bits per heavy atom. The topological polar surface area (TPSA) is 46.3 Å². The lowest BCUT2D eigenvalue weighted by atomic mass is 9.95. The van der Waals surface area contributed by atoms with Gasteiger partial charge in [0.05, 0.1) is 0 Å². The van der Waals surface area contributed by atoms with Crippen LogP contribution in [-0.4, -0.2) is 23.9 Å². The predicted molar refractivity (Wildman–Crippen MR) is 91.7 cm³/mol. The number of likely N-dealkylation sites (tertiary alicyclic amines) is 1. The van der Waals surface area contributed by atoms with Crippen LogP contribution in [0.5, 0.6) is 0 Å². The van der Waals surface area contributed by atoms with Crippen molar-refractivity contribution in [3.63, 3.8) is 0 Å². The van der Waals surface area contributed by atoms with Gasteiger partial charge in [-0.15, -0.1) is 11.3 Å². The molecule has 4 heteroatoms. The van der Waals surface area contributed by atoms with Crippen LogP contribution in [0.3, 0.4) is 0 Å². The lowest BCUT2D eigenvalue weighted by Gasteiger charge is -2.30. The van der Waals surface area contributed by atoms with Gasteiger partial charge >= 0.3 is 0 Å². The fraction of sp³-hybridized carbons (Fsp3) is 0.389. The van der Waals surface area contributed by atoms with Crippen molar-refractivity contribution in [3.8, 4) is 10.4 Å². The number of hydrogen-bond donors (Lipinski definition) is 1. The van der Waals surface area contributed by atoms with Crippen molar-refractivity contribution in [2.45, 2.75) is 26.3 Å². The third kappa shape index (κ3) is 3.39. The Bertz CT molecular complexity index is 657. The first kappa shape index (κ1) is 15.3. The van der Waals surface area contributed by atoms with E-state index < -0.39 is 0 Å². The molecule has 0 atom stereocenters. The number of rotatable bonds is 4. The average Bonchev–Trinajstić information content (AvgIpc) is 2.95. The highest BCUT2D eigenvalue weighted by Gasteiger charge is 2.23. The van der Waals surface area contributed by atoms with E-state index in [1.807, 2.05) is 11.3 Å². The van der Waals surface area contributed by atoms with Gasteiger partial charge in [0.1, 0.15) is 0 Å². The van der Waals surface area contributed by atoms with Gasteiger partial charge in [0.15, 0.2) is 0 Å². The van der Waals surface area contributed by atoms with Crippen LogP contribution < -0.4 is 5.73 Å². The number of aryl methyl sites for hydroxylation is 1. The summed E-state index contributed by atoms with van der Waals surface area (Å²) in [5, 5.41) is 0. The van der Waals surface area contributed by atoms with E-state index in [1.54, 1.807) is 0 Å². The number of benzene rings is 1. The second kappa shape index (κ2) is 6.63. The molecule has 1 aromatic carbocycles. The molecule has 0 spiro atoms. The zero-order chi connectivity index (χ0) is 15.5. The Balaban J connectivity index is 1.72. The van der Waals surface area contributed by atoms with Crippen LogP contribution in [0.2, 0.25) is 0 Å². The lowest BCUT2D eigenvalue weighted by Crippen LogP contribution is -2.38. The van der Waals surface area contributed by atoms with Crippen LogP contribution in [0.25, 0.3) is 10.4 Å². The van der Waals surface area contributed by atoms with Gasteiger partial charge < -0.3 is 5.73 Å². The minimum Gasteiger partial charge on any atom is -0.369 e. The molecule has 116 valence electrons. The summed E-state index contributed by atoms with van der Waals surface area (Å²) in [7, 11) is 0. The number of primary amides is 1. The minimum absolute atomic E-state index is 0.0615. The third-order valence-electron chi connectivity index (χ3n) is 4.41. The van der Waals surface area contributed by atoms with Crippen molar-refractivity contribution in [1.82, 2.24) is 4.90 Å². The summed E-state index contributed by atoms with van der Waals surface area (Å²) in [6.45, 7) is 4.99. The maximum Gasteiger partial charge on any atom is 0.220 e. The molecular weight excluding hydrogens is 292 g/mol. The van der Waals surface area contributed by atoms with Crippen LogP contribution in [0.15, 0.2) is 36.4 Å². The zero-order valence-electron chi connectivity index (χ0n) is 12.9. The summed E-state index contributed by atoms with van der Waals surface area (Å²) in [5.41, 5.74) is 8.11. The van der Waals surface area contributed by atoms with E-state index in [0.29, 0.717) is 0 Å². The largest absolute Gasteiger partial charge is 0.369 e. The maximum absolute atomic E-state index is 11.3. The summed E-state index contributed by atoms with van der Waals surface area (Å²) in [6, 6.07) is 13.0. The van der Waals surface area contributed by atoms with Crippen LogP contribution in [0.4, 0.5) is 0 Å². The number of piperidine rings is 1. The highest BCUT2D eigenvalue weighted by Crippen LogP contribution is 2.31. The molecule has 0 unspecified atom stereocenters. The summed E-state index contributed by atoms with van der Waals surface area (Å²) in [4.78, 5) is 16.4. The monoisotopic (exact) mass is 314 g/mol. The molecule has 2 aromatic rings. The van der Waals surface area contributed by atoms with Gasteiger partial charge in [-0.1, -0.05) is 24.3 Å². The minimum atomic E-state index is -0.144. The number of nitrogens with two attached hydrogens (primary N) is 1. The van der Waals surface area contributed by atoms with E-state index in [9.17, 15) is 4.79 Å². The van der Waals surface area contributed by atoms with Gasteiger partial charge in [0.2, 0.25) is 5.91 Å². The van der Waals surface area contributed by atoms with E-state index in [4.69, 9.17) is 5.73 Å². The van der Waals surface area contributed by atoms with Crippen molar-refractivity contribution >= 4 is 17.2 Å². The average molecular weight is 314 g/mol. The normalized spacial score (nSPS) is 16.8. The van der Waals surface area contributed by atoms with E-state index in [1.165, 1.54) is 20.9 Å².